The van der Waals surface area contributed by atoms with Crippen molar-refractivity contribution >= 4 is 11.5 Å². The summed E-state index contributed by atoms with van der Waals surface area (Å²) < 4.78 is 0.695. The Balaban J connectivity index is 3.21. The van der Waals surface area contributed by atoms with Crippen molar-refractivity contribution in [2.75, 3.05) is 18.1 Å². The third kappa shape index (κ3) is 1.34. The maximum Gasteiger partial charge on any atom is 0.277 e. The first-order chi connectivity index (χ1) is 5.15. The fourth-order valence-electron chi connectivity index (χ4n) is 0.891. The fraction of sp³-hybridized carbons (Fsp3) is 0.286. The summed E-state index contributed by atoms with van der Waals surface area (Å²) in [5.41, 5.74) is 6.85. The van der Waals surface area contributed by atoms with E-state index in [1.54, 1.807) is 26.1 Å². The van der Waals surface area contributed by atoms with Crippen molar-refractivity contribution in [1.29, 1.82) is 0 Å². The molecule has 3 N–H and O–H groups in total. The van der Waals surface area contributed by atoms with Crippen molar-refractivity contribution in [2.45, 2.75) is 6.92 Å². The Hall–Kier alpha value is -1.45. The third-order valence-electron chi connectivity index (χ3n) is 1.51. The van der Waals surface area contributed by atoms with Crippen LogP contribution in [-0.4, -0.2) is 7.05 Å². The number of nitrogens with one attached hydrogen (secondary N) is 1. The lowest BCUT2D eigenvalue weighted by Crippen LogP contribution is -2.33. The van der Waals surface area contributed by atoms with Crippen LogP contribution in [0.3, 0.4) is 0 Å². The van der Waals surface area contributed by atoms with Gasteiger partial charge in [0, 0.05) is 18.8 Å². The molecule has 0 unspecified atom stereocenters. The van der Waals surface area contributed by atoms with Gasteiger partial charge in [-0.2, -0.15) is 0 Å². The lowest BCUT2D eigenvalue weighted by Gasteiger charge is -2.09. The maximum atomic E-state index is 11.0. The largest absolute Gasteiger partial charge is 0.710 e. The minimum absolute atomic E-state index is 0.217. The molecule has 11 heavy (non-hydrogen) atoms. The average Bonchev–Trinajstić information content (AvgIpc) is 1.99. The second kappa shape index (κ2) is 2.65. The Morgan fingerprint density at radius 1 is 1.55 bits per heavy atom. The Morgan fingerprint density at radius 2 is 2.18 bits per heavy atom. The van der Waals surface area contributed by atoms with Gasteiger partial charge in [-0.1, -0.05) is 0 Å². The van der Waals surface area contributed by atoms with E-state index in [0.29, 0.717) is 10.4 Å². The molecular formula is C7H11N3O. The van der Waals surface area contributed by atoms with Gasteiger partial charge in [-0.05, 0) is 6.92 Å². The second-order valence-electron chi connectivity index (χ2n) is 2.35. The number of nitrogens with two attached hydrogens (primary N) is 1. The number of anilines is 2. The van der Waals surface area contributed by atoms with Crippen LogP contribution in [0.1, 0.15) is 5.69 Å². The number of rotatable bonds is 1. The van der Waals surface area contributed by atoms with E-state index in [-0.39, 0.29) is 5.82 Å². The van der Waals surface area contributed by atoms with Gasteiger partial charge in [0.15, 0.2) is 0 Å². The topological polar surface area (TPSA) is 65.0 Å². The van der Waals surface area contributed by atoms with E-state index in [4.69, 9.17) is 5.73 Å². The molecule has 0 amide bonds. The van der Waals surface area contributed by atoms with E-state index in [1.165, 1.54) is 0 Å². The van der Waals surface area contributed by atoms with Crippen LogP contribution in [0.2, 0.25) is 0 Å². The molecule has 0 radical (unpaired) electrons. The summed E-state index contributed by atoms with van der Waals surface area (Å²) in [4.78, 5) is 0. The number of aryl methyl sites for hydroxylation is 1. The quantitative estimate of drug-likeness (QED) is 0.449. The van der Waals surface area contributed by atoms with Gasteiger partial charge in [0.05, 0.1) is 6.07 Å². The molecule has 1 heterocycles. The Morgan fingerprint density at radius 3 is 2.64 bits per heavy atom. The molecule has 0 saturated heterocycles. The molecule has 0 aliphatic heterocycles. The standard InChI is InChI=1S/C7H11N3O/c1-5-3-6(9-2)4-7(8)10(5)11/h3-4,9H,8H2,1-2H3. The van der Waals surface area contributed by atoms with E-state index in [1.807, 2.05) is 0 Å². The maximum absolute atomic E-state index is 11.0. The molecule has 0 saturated carbocycles. The molecule has 0 atom stereocenters. The highest BCUT2D eigenvalue weighted by Crippen LogP contribution is 2.08. The van der Waals surface area contributed by atoms with Gasteiger partial charge in [-0.15, -0.1) is 0 Å². The molecule has 0 aliphatic rings. The molecule has 0 bridgehead atoms. The molecule has 1 aromatic heterocycles. The second-order valence-corrected chi connectivity index (χ2v) is 2.35. The van der Waals surface area contributed by atoms with Crippen LogP contribution in [-0.2, 0) is 0 Å². The van der Waals surface area contributed by atoms with Gasteiger partial charge in [0.1, 0.15) is 5.69 Å². The van der Waals surface area contributed by atoms with Gasteiger partial charge in [-0.25, -0.2) is 4.73 Å². The number of pyridine rings is 1. The minimum Gasteiger partial charge on any atom is -0.710 e. The fourth-order valence-corrected chi connectivity index (χ4v) is 0.891. The predicted octanol–water partition coefficient (Wildman–Crippen LogP) is 0.252. The molecule has 0 aliphatic carbocycles. The molecule has 60 valence electrons. The molecule has 1 rings (SSSR count). The first-order valence-electron chi connectivity index (χ1n) is 3.32. The van der Waals surface area contributed by atoms with Crippen LogP contribution < -0.4 is 15.8 Å². The van der Waals surface area contributed by atoms with E-state index >= 15 is 0 Å². The first kappa shape index (κ1) is 7.65. The summed E-state index contributed by atoms with van der Waals surface area (Å²) >= 11 is 0. The van der Waals surface area contributed by atoms with E-state index in [2.05, 4.69) is 5.32 Å². The van der Waals surface area contributed by atoms with Gasteiger partial charge < -0.3 is 10.5 Å². The van der Waals surface area contributed by atoms with Crippen molar-refractivity contribution in [3.05, 3.63) is 23.0 Å². The number of aromatic nitrogens is 1. The molecule has 0 aromatic carbocycles. The van der Waals surface area contributed by atoms with Crippen molar-refractivity contribution in [3.63, 3.8) is 0 Å². The number of hydrogen-bond donors (Lipinski definition) is 2. The third-order valence-corrected chi connectivity index (χ3v) is 1.51. The highest BCUT2D eigenvalue weighted by molar-refractivity contribution is 5.48. The summed E-state index contributed by atoms with van der Waals surface area (Å²) in [5.74, 6) is 0.217. The van der Waals surface area contributed by atoms with E-state index < -0.39 is 0 Å². The first-order valence-corrected chi connectivity index (χ1v) is 3.32. The van der Waals surface area contributed by atoms with Crippen molar-refractivity contribution in [2.24, 2.45) is 0 Å². The average molecular weight is 153 g/mol. The van der Waals surface area contributed by atoms with Crippen molar-refractivity contribution < 1.29 is 4.73 Å². The lowest BCUT2D eigenvalue weighted by molar-refractivity contribution is -0.596. The summed E-state index contributed by atoms with van der Waals surface area (Å²) in [6.45, 7) is 1.71. The van der Waals surface area contributed by atoms with Crippen molar-refractivity contribution in [1.82, 2.24) is 0 Å². The monoisotopic (exact) mass is 153 g/mol. The summed E-state index contributed by atoms with van der Waals surface area (Å²) in [6, 6.07) is 3.34. The smallest absolute Gasteiger partial charge is 0.277 e. The van der Waals surface area contributed by atoms with E-state index in [9.17, 15) is 5.21 Å². The summed E-state index contributed by atoms with van der Waals surface area (Å²) in [5, 5.41) is 13.9. The summed E-state index contributed by atoms with van der Waals surface area (Å²) in [7, 11) is 1.78. The van der Waals surface area contributed by atoms with Crippen LogP contribution in [0.25, 0.3) is 0 Å². The Labute approximate surface area is 65.2 Å². The zero-order valence-corrected chi connectivity index (χ0v) is 6.59. The number of nitrogens with zero attached hydrogens (tertiary/aromatic N) is 1. The van der Waals surface area contributed by atoms with E-state index in [0.717, 1.165) is 5.69 Å². The SMILES string of the molecule is CNc1cc(C)[n+]([O-])c(N)c1. The van der Waals surface area contributed by atoms with Crippen LogP contribution in [0.5, 0.6) is 0 Å². The van der Waals surface area contributed by atoms with Crippen molar-refractivity contribution in [3.8, 4) is 0 Å². The molecule has 0 fully saturated rings. The van der Waals surface area contributed by atoms with Crippen LogP contribution >= 0.6 is 0 Å². The highest BCUT2D eigenvalue weighted by Gasteiger charge is 2.01. The molecule has 4 nitrogen and oxygen atoms in total. The normalized spacial score (nSPS) is 9.64. The summed E-state index contributed by atoms with van der Waals surface area (Å²) in [6.07, 6.45) is 0. The number of nitrogen functional groups attached to an aromatic ring is 1. The van der Waals surface area contributed by atoms with Gasteiger partial charge in [0.2, 0.25) is 0 Å². The van der Waals surface area contributed by atoms with Crippen LogP contribution in [0.15, 0.2) is 12.1 Å². The molecular weight excluding hydrogens is 142 g/mol. The molecule has 4 heteroatoms. The Kier molecular flexibility index (Phi) is 1.85. The number of hydrogen-bond acceptors (Lipinski definition) is 3. The highest BCUT2D eigenvalue weighted by atomic mass is 16.5. The molecule has 0 spiro atoms. The van der Waals surface area contributed by atoms with Gasteiger partial charge >= 0.3 is 0 Å². The lowest BCUT2D eigenvalue weighted by atomic mass is 10.3. The minimum atomic E-state index is 0.217. The van der Waals surface area contributed by atoms with Gasteiger partial charge in [0.25, 0.3) is 5.82 Å². The molecule has 1 aromatic rings. The van der Waals surface area contributed by atoms with Crippen LogP contribution in [0, 0.1) is 12.1 Å². The van der Waals surface area contributed by atoms with Crippen LogP contribution in [0.4, 0.5) is 11.5 Å². The van der Waals surface area contributed by atoms with Gasteiger partial charge in [-0.3, -0.25) is 5.73 Å². The zero-order valence-electron chi connectivity index (χ0n) is 6.59. The Bertz CT molecular complexity index is 249. The zero-order chi connectivity index (χ0) is 8.43. The predicted molar refractivity (Wildman–Crippen MR) is 44.1 cm³/mol.